The van der Waals surface area contributed by atoms with E-state index in [0.717, 1.165) is 18.8 Å². The van der Waals surface area contributed by atoms with Gasteiger partial charge in [-0.15, -0.1) is 0 Å². The Morgan fingerprint density at radius 1 is 1.32 bits per heavy atom. The second-order valence-electron chi connectivity index (χ2n) is 8.21. The van der Waals surface area contributed by atoms with E-state index in [4.69, 9.17) is 15.0 Å². The summed E-state index contributed by atoms with van der Waals surface area (Å²) in [4.78, 5) is 0. The summed E-state index contributed by atoms with van der Waals surface area (Å²) in [5.41, 5.74) is 6.60. The summed E-state index contributed by atoms with van der Waals surface area (Å²) in [6, 6.07) is 0. The van der Waals surface area contributed by atoms with Gasteiger partial charge in [0.05, 0.1) is 11.7 Å². The lowest BCUT2D eigenvalue weighted by Crippen LogP contribution is -2.63. The molecule has 5 atom stereocenters. The molecule has 3 saturated carbocycles. The molecule has 4 fully saturated rings. The molecule has 0 aromatic rings. The highest BCUT2D eigenvalue weighted by Crippen LogP contribution is 2.64. The Hall–Kier alpha value is -0.0551. The van der Waals surface area contributed by atoms with E-state index in [1.807, 2.05) is 0 Å². The Kier molecular flexibility index (Phi) is 3.09. The molecule has 0 aromatic heterocycles. The zero-order valence-corrected chi connectivity index (χ0v) is 13.0. The first-order valence-corrected chi connectivity index (χ1v) is 7.83. The van der Waals surface area contributed by atoms with Gasteiger partial charge in [0.15, 0.2) is 0 Å². The molecule has 1 heterocycles. The summed E-state index contributed by atoms with van der Waals surface area (Å²) < 4.78 is 12.5. The lowest BCUT2D eigenvalue weighted by atomic mass is 9.45. The molecule has 1 aliphatic heterocycles. The monoisotopic (exact) mass is 265 g/mol. The minimum Gasteiger partial charge on any atom is -0.404 e. The average molecular weight is 265 g/mol. The van der Waals surface area contributed by atoms with Gasteiger partial charge >= 0.3 is 7.12 Å². The Labute approximate surface area is 117 Å². The third kappa shape index (κ3) is 1.98. The molecule has 2 bridgehead atoms. The van der Waals surface area contributed by atoms with Gasteiger partial charge in [0, 0.05) is 5.94 Å². The average Bonchev–Trinajstić information content (AvgIpc) is 2.64. The third-order valence-corrected chi connectivity index (χ3v) is 5.92. The molecule has 0 amide bonds. The highest BCUT2D eigenvalue weighted by molar-refractivity contribution is 6.47. The van der Waals surface area contributed by atoms with E-state index in [0.29, 0.717) is 17.3 Å². The van der Waals surface area contributed by atoms with Crippen molar-refractivity contribution in [3.8, 4) is 0 Å². The van der Waals surface area contributed by atoms with Crippen LogP contribution in [0.25, 0.3) is 0 Å². The van der Waals surface area contributed by atoms with Crippen molar-refractivity contribution >= 4 is 7.12 Å². The number of hydrogen-bond acceptors (Lipinski definition) is 3. The van der Waals surface area contributed by atoms with Crippen molar-refractivity contribution in [2.24, 2.45) is 28.9 Å². The van der Waals surface area contributed by atoms with Gasteiger partial charge in [-0.1, -0.05) is 27.7 Å². The van der Waals surface area contributed by atoms with Gasteiger partial charge in [0.25, 0.3) is 0 Å². The van der Waals surface area contributed by atoms with Crippen LogP contribution in [0.3, 0.4) is 0 Å². The van der Waals surface area contributed by atoms with E-state index >= 15 is 0 Å². The topological polar surface area (TPSA) is 44.5 Å². The highest BCUT2D eigenvalue weighted by atomic mass is 16.7. The summed E-state index contributed by atoms with van der Waals surface area (Å²) in [7, 11) is -0.201. The van der Waals surface area contributed by atoms with Crippen molar-refractivity contribution in [3.05, 3.63) is 0 Å². The maximum atomic E-state index is 6.27. The van der Waals surface area contributed by atoms with Gasteiger partial charge in [-0.25, -0.2) is 0 Å². The van der Waals surface area contributed by atoms with Crippen LogP contribution in [-0.4, -0.2) is 24.8 Å². The maximum Gasteiger partial charge on any atom is 0.475 e. The maximum absolute atomic E-state index is 6.27. The Morgan fingerprint density at radius 3 is 2.58 bits per heavy atom. The van der Waals surface area contributed by atoms with Crippen LogP contribution in [0.4, 0.5) is 0 Å². The molecular formula is C15H28BNO2. The quantitative estimate of drug-likeness (QED) is 0.798. The molecule has 0 radical (unpaired) electrons. The van der Waals surface area contributed by atoms with Crippen LogP contribution in [0.2, 0.25) is 0 Å². The normalized spacial score (nSPS) is 45.0. The minimum atomic E-state index is -0.201. The fraction of sp³-hybridized carbons (Fsp3) is 1.00. The van der Waals surface area contributed by atoms with E-state index in [2.05, 4.69) is 34.6 Å². The molecule has 0 aromatic carbocycles. The Morgan fingerprint density at radius 2 is 2.00 bits per heavy atom. The fourth-order valence-corrected chi connectivity index (χ4v) is 4.58. The van der Waals surface area contributed by atoms with E-state index in [9.17, 15) is 0 Å². The van der Waals surface area contributed by atoms with Gasteiger partial charge in [0.1, 0.15) is 0 Å². The summed E-state index contributed by atoms with van der Waals surface area (Å²) in [5, 5.41) is 0. The van der Waals surface area contributed by atoms with Crippen LogP contribution in [0.15, 0.2) is 0 Å². The van der Waals surface area contributed by atoms with Crippen LogP contribution in [0.5, 0.6) is 0 Å². The Bertz CT molecular complexity index is 373. The fourth-order valence-electron chi connectivity index (χ4n) is 4.58. The molecule has 19 heavy (non-hydrogen) atoms. The van der Waals surface area contributed by atoms with Gasteiger partial charge in [-0.2, -0.15) is 0 Å². The highest BCUT2D eigenvalue weighted by Gasteiger charge is 2.67. The lowest BCUT2D eigenvalue weighted by Gasteiger charge is -2.63. The van der Waals surface area contributed by atoms with Gasteiger partial charge in [-0.3, -0.25) is 0 Å². The van der Waals surface area contributed by atoms with Gasteiger partial charge in [0.2, 0.25) is 0 Å². The van der Waals surface area contributed by atoms with Crippen LogP contribution < -0.4 is 5.73 Å². The molecular weight excluding hydrogens is 237 g/mol. The number of hydrogen-bond donors (Lipinski definition) is 1. The molecule has 1 saturated heterocycles. The lowest BCUT2D eigenvalue weighted by molar-refractivity contribution is -0.185. The van der Waals surface area contributed by atoms with E-state index in [-0.39, 0.29) is 24.8 Å². The molecule has 3 nitrogen and oxygen atoms in total. The summed E-state index contributed by atoms with van der Waals surface area (Å²) >= 11 is 0. The first-order chi connectivity index (χ1) is 8.74. The first-order valence-electron chi connectivity index (χ1n) is 7.83. The SMILES string of the molecule is CC(C)C[C@H](N)B1OC2[C@H]3C[C@@H](C[C@]2(C)O1)C3(C)C. The van der Waals surface area contributed by atoms with Gasteiger partial charge < -0.3 is 15.0 Å². The number of rotatable bonds is 3. The van der Waals surface area contributed by atoms with Crippen molar-refractivity contribution in [2.75, 3.05) is 0 Å². The number of nitrogens with two attached hydrogens (primary N) is 1. The second kappa shape index (κ2) is 4.22. The summed E-state index contributed by atoms with van der Waals surface area (Å²) in [6.07, 6.45) is 3.65. The molecule has 4 aliphatic rings. The van der Waals surface area contributed by atoms with Crippen molar-refractivity contribution in [2.45, 2.75) is 71.5 Å². The molecule has 0 spiro atoms. The van der Waals surface area contributed by atoms with E-state index in [1.54, 1.807) is 0 Å². The molecule has 1 unspecified atom stereocenters. The smallest absolute Gasteiger partial charge is 0.404 e. The molecule has 2 N–H and O–H groups in total. The summed E-state index contributed by atoms with van der Waals surface area (Å²) in [5.74, 6) is 2.03. The predicted octanol–water partition coefficient (Wildman–Crippen LogP) is 2.63. The van der Waals surface area contributed by atoms with Crippen LogP contribution in [0.1, 0.15) is 53.9 Å². The van der Waals surface area contributed by atoms with Crippen LogP contribution in [0, 0.1) is 23.2 Å². The van der Waals surface area contributed by atoms with Crippen LogP contribution in [-0.2, 0) is 9.31 Å². The Balaban J connectivity index is 1.73. The van der Waals surface area contributed by atoms with Crippen molar-refractivity contribution in [1.29, 1.82) is 0 Å². The van der Waals surface area contributed by atoms with Crippen molar-refractivity contribution in [3.63, 3.8) is 0 Å². The zero-order valence-electron chi connectivity index (χ0n) is 13.0. The predicted molar refractivity (Wildman–Crippen MR) is 77.5 cm³/mol. The molecule has 4 heteroatoms. The first kappa shape index (κ1) is 13.9. The zero-order chi connectivity index (χ0) is 14.0. The third-order valence-electron chi connectivity index (χ3n) is 5.92. The molecule has 108 valence electrons. The van der Waals surface area contributed by atoms with Crippen molar-refractivity contribution < 1.29 is 9.31 Å². The molecule has 4 rings (SSSR count). The van der Waals surface area contributed by atoms with Gasteiger partial charge in [-0.05, 0) is 49.4 Å². The summed E-state index contributed by atoms with van der Waals surface area (Å²) in [6.45, 7) is 11.4. The standard InChI is InChI=1S/C15H28BNO2/c1-9(2)6-12(17)16-18-13-11-7-10(14(11,3)4)8-15(13,5)19-16/h9-13H,6-8,17H2,1-5H3/t10-,11+,12-,13?,15-/m0/s1. The second-order valence-corrected chi connectivity index (χ2v) is 8.21. The van der Waals surface area contributed by atoms with E-state index in [1.165, 1.54) is 6.42 Å². The van der Waals surface area contributed by atoms with Crippen LogP contribution >= 0.6 is 0 Å². The van der Waals surface area contributed by atoms with Crippen molar-refractivity contribution in [1.82, 2.24) is 0 Å². The minimum absolute atomic E-state index is 0.00253. The van der Waals surface area contributed by atoms with E-state index < -0.39 is 0 Å². The molecule has 3 aliphatic carbocycles. The largest absolute Gasteiger partial charge is 0.475 e.